The molecule has 0 spiro atoms. The van der Waals surface area contributed by atoms with Crippen LogP contribution in [0, 0.1) is 0 Å². The minimum Gasteiger partial charge on any atom is -0.391 e. The summed E-state index contributed by atoms with van der Waals surface area (Å²) >= 11 is 0. The molecule has 0 unspecified atom stereocenters. The summed E-state index contributed by atoms with van der Waals surface area (Å²) in [4.78, 5) is 28.4. The van der Waals surface area contributed by atoms with Crippen molar-refractivity contribution < 1.29 is 9.90 Å². The molecule has 0 radical (unpaired) electrons. The fourth-order valence-corrected chi connectivity index (χ4v) is 3.63. The number of amides is 1. The molecular formula is C19H22N4O3. The third kappa shape index (κ3) is 3.35. The van der Waals surface area contributed by atoms with Gasteiger partial charge in [0.2, 0.25) is 5.91 Å². The van der Waals surface area contributed by atoms with Gasteiger partial charge < -0.3 is 14.9 Å². The topological polar surface area (TPSA) is 78.7 Å². The predicted molar refractivity (Wildman–Crippen MR) is 96.9 cm³/mol. The van der Waals surface area contributed by atoms with Crippen LogP contribution in [0.4, 0.5) is 5.69 Å². The van der Waals surface area contributed by atoms with Crippen LogP contribution >= 0.6 is 0 Å². The van der Waals surface area contributed by atoms with E-state index in [1.807, 2.05) is 12.1 Å². The molecule has 1 atom stereocenters. The molecule has 1 N–H and O–H groups in total. The fraction of sp³-hybridized carbons (Fsp3) is 0.421. The Morgan fingerprint density at radius 2 is 2.04 bits per heavy atom. The van der Waals surface area contributed by atoms with E-state index in [1.165, 1.54) is 15.8 Å². The van der Waals surface area contributed by atoms with Crippen LogP contribution in [0.3, 0.4) is 0 Å². The number of carbonyl (C=O) groups is 1. The number of fused-ring (bicyclic) bond motifs is 1. The van der Waals surface area contributed by atoms with Gasteiger partial charge in [0.05, 0.1) is 18.0 Å². The van der Waals surface area contributed by atoms with Gasteiger partial charge in [-0.15, -0.1) is 0 Å². The number of carbonyl (C=O) groups excluding carboxylic acids is 1. The van der Waals surface area contributed by atoms with Crippen molar-refractivity contribution in [2.24, 2.45) is 0 Å². The Morgan fingerprint density at radius 1 is 1.23 bits per heavy atom. The number of anilines is 1. The van der Waals surface area contributed by atoms with Gasteiger partial charge in [-0.2, -0.15) is 5.10 Å². The maximum Gasteiger partial charge on any atom is 0.269 e. The second-order valence-electron chi connectivity index (χ2n) is 6.93. The number of nitrogens with zero attached hydrogens (tertiary/aromatic N) is 4. The average molecular weight is 354 g/mol. The second kappa shape index (κ2) is 6.92. The summed E-state index contributed by atoms with van der Waals surface area (Å²) in [5.41, 5.74) is 3.12. The lowest BCUT2D eigenvalue weighted by Crippen LogP contribution is -2.37. The molecule has 2 aliphatic heterocycles. The Morgan fingerprint density at radius 3 is 2.77 bits per heavy atom. The first-order valence-electron chi connectivity index (χ1n) is 8.95. The number of aliphatic hydroxyl groups excluding tert-OH is 1. The fourth-order valence-electron chi connectivity index (χ4n) is 3.63. The lowest BCUT2D eigenvalue weighted by atomic mass is 10.00. The van der Waals surface area contributed by atoms with Gasteiger partial charge in [-0.05, 0) is 24.0 Å². The van der Waals surface area contributed by atoms with E-state index in [4.69, 9.17) is 0 Å². The van der Waals surface area contributed by atoms with E-state index < -0.39 is 6.10 Å². The third-order valence-corrected chi connectivity index (χ3v) is 5.15. The zero-order chi connectivity index (χ0) is 18.1. The minimum atomic E-state index is -0.465. The highest BCUT2D eigenvalue weighted by molar-refractivity contribution is 5.76. The van der Waals surface area contributed by atoms with E-state index in [0.717, 1.165) is 25.2 Å². The van der Waals surface area contributed by atoms with E-state index in [2.05, 4.69) is 22.1 Å². The van der Waals surface area contributed by atoms with Crippen LogP contribution in [0.2, 0.25) is 0 Å². The zero-order valence-corrected chi connectivity index (χ0v) is 14.5. The van der Waals surface area contributed by atoms with Gasteiger partial charge in [-0.3, -0.25) is 9.59 Å². The van der Waals surface area contributed by atoms with Crippen LogP contribution in [0.1, 0.15) is 17.5 Å². The summed E-state index contributed by atoms with van der Waals surface area (Å²) in [5.74, 6) is -0.184. The van der Waals surface area contributed by atoms with Crippen LogP contribution in [0.5, 0.6) is 0 Å². The molecule has 3 heterocycles. The van der Waals surface area contributed by atoms with Crippen molar-refractivity contribution in [3.63, 3.8) is 0 Å². The largest absolute Gasteiger partial charge is 0.391 e. The van der Waals surface area contributed by atoms with Crippen molar-refractivity contribution >= 4 is 11.6 Å². The smallest absolute Gasteiger partial charge is 0.269 e. The predicted octanol–water partition coefficient (Wildman–Crippen LogP) is 0.399. The van der Waals surface area contributed by atoms with Crippen molar-refractivity contribution in [2.45, 2.75) is 32.0 Å². The van der Waals surface area contributed by atoms with Crippen LogP contribution < -0.4 is 10.5 Å². The Balaban J connectivity index is 1.47. The first kappa shape index (κ1) is 16.8. The molecule has 0 aliphatic carbocycles. The van der Waals surface area contributed by atoms with E-state index in [0.29, 0.717) is 19.5 Å². The minimum absolute atomic E-state index is 0.0886. The van der Waals surface area contributed by atoms with Crippen LogP contribution in [-0.4, -0.2) is 51.4 Å². The molecule has 136 valence electrons. The molecule has 7 heteroatoms. The second-order valence-corrected chi connectivity index (χ2v) is 6.93. The number of hydrogen-bond acceptors (Lipinski definition) is 5. The number of rotatable bonds is 3. The Kier molecular flexibility index (Phi) is 4.46. The van der Waals surface area contributed by atoms with Crippen molar-refractivity contribution in [2.75, 3.05) is 24.5 Å². The number of aliphatic hydroxyl groups is 1. The van der Waals surface area contributed by atoms with Crippen LogP contribution in [0.15, 0.2) is 41.3 Å². The highest BCUT2D eigenvalue weighted by Crippen LogP contribution is 2.22. The molecule has 2 aromatic rings. The zero-order valence-electron chi connectivity index (χ0n) is 14.5. The van der Waals surface area contributed by atoms with Crippen LogP contribution in [0.25, 0.3) is 0 Å². The van der Waals surface area contributed by atoms with Gasteiger partial charge in [-0.1, -0.05) is 24.3 Å². The lowest BCUT2D eigenvalue weighted by molar-refractivity contribution is -0.131. The lowest BCUT2D eigenvalue weighted by Gasteiger charge is -2.30. The highest BCUT2D eigenvalue weighted by Gasteiger charge is 2.25. The number of aromatic nitrogens is 2. The summed E-state index contributed by atoms with van der Waals surface area (Å²) in [6, 6.07) is 9.88. The van der Waals surface area contributed by atoms with E-state index in [-0.39, 0.29) is 18.0 Å². The van der Waals surface area contributed by atoms with Crippen LogP contribution in [-0.2, 0) is 24.3 Å². The highest BCUT2D eigenvalue weighted by atomic mass is 16.3. The van der Waals surface area contributed by atoms with E-state index in [1.54, 1.807) is 17.2 Å². The maximum absolute atomic E-state index is 12.4. The molecule has 1 aromatic heterocycles. The molecule has 1 saturated heterocycles. The maximum atomic E-state index is 12.4. The van der Waals surface area contributed by atoms with E-state index in [9.17, 15) is 14.7 Å². The van der Waals surface area contributed by atoms with Crippen molar-refractivity contribution in [3.05, 3.63) is 58.0 Å². The molecular weight excluding hydrogens is 332 g/mol. The normalized spacial score (nSPS) is 19.5. The standard InChI is InChI=1S/C19H22N4O3/c24-17-6-8-22(12-17)19(26)13-23-18(25)9-16(10-20-23)21-7-5-14-3-1-2-4-15(14)11-21/h1-4,9-10,17,24H,5-8,11-13H2/t17-/m1/s1. The first-order chi connectivity index (χ1) is 12.6. The summed E-state index contributed by atoms with van der Waals surface area (Å²) < 4.78 is 1.19. The molecule has 4 rings (SSSR count). The average Bonchev–Trinajstić information content (AvgIpc) is 3.09. The molecule has 1 fully saturated rings. The Bertz CT molecular complexity index is 879. The third-order valence-electron chi connectivity index (χ3n) is 5.15. The number of hydrogen-bond donors (Lipinski definition) is 1. The van der Waals surface area contributed by atoms with Gasteiger partial charge in [0.25, 0.3) is 5.56 Å². The molecule has 26 heavy (non-hydrogen) atoms. The molecule has 7 nitrogen and oxygen atoms in total. The summed E-state index contributed by atoms with van der Waals surface area (Å²) in [5, 5.41) is 13.7. The Hall–Kier alpha value is -2.67. The molecule has 1 aromatic carbocycles. The van der Waals surface area contributed by atoms with Crippen molar-refractivity contribution in [1.82, 2.24) is 14.7 Å². The Labute approximate surface area is 151 Å². The van der Waals surface area contributed by atoms with Gasteiger partial charge in [-0.25, -0.2) is 4.68 Å². The summed E-state index contributed by atoms with van der Waals surface area (Å²) in [7, 11) is 0. The first-order valence-corrected chi connectivity index (χ1v) is 8.95. The van der Waals surface area contributed by atoms with Crippen molar-refractivity contribution in [3.8, 4) is 0 Å². The molecule has 1 amide bonds. The SMILES string of the molecule is O=C(Cn1ncc(N2CCc3ccccc3C2)cc1=O)N1CC[C@@H](O)C1. The molecule has 2 aliphatic rings. The number of likely N-dealkylation sites (tertiary alicyclic amines) is 1. The van der Waals surface area contributed by atoms with E-state index >= 15 is 0 Å². The number of benzene rings is 1. The molecule has 0 bridgehead atoms. The van der Waals surface area contributed by atoms with Gasteiger partial charge in [0.1, 0.15) is 6.54 Å². The quantitative estimate of drug-likeness (QED) is 0.863. The van der Waals surface area contributed by atoms with Gasteiger partial charge in [0, 0.05) is 32.2 Å². The molecule has 0 saturated carbocycles. The van der Waals surface area contributed by atoms with Gasteiger partial charge >= 0.3 is 0 Å². The summed E-state index contributed by atoms with van der Waals surface area (Å²) in [6.45, 7) is 2.37. The number of β-amino-alcohol motifs (C(OH)–C–C–N with tert-alkyl or cyclic N) is 1. The van der Waals surface area contributed by atoms with Crippen molar-refractivity contribution in [1.29, 1.82) is 0 Å². The monoisotopic (exact) mass is 354 g/mol. The summed E-state index contributed by atoms with van der Waals surface area (Å²) in [6.07, 6.45) is 2.72. The van der Waals surface area contributed by atoms with Gasteiger partial charge in [0.15, 0.2) is 0 Å².